The normalized spacial score (nSPS) is 10.3. The van der Waals surface area contributed by atoms with Crippen molar-refractivity contribution in [2.24, 2.45) is 0 Å². The summed E-state index contributed by atoms with van der Waals surface area (Å²) in [4.78, 5) is 7.97. The Bertz CT molecular complexity index is 1070. The minimum atomic E-state index is 0.693. The molecule has 0 unspecified atom stereocenters. The summed E-state index contributed by atoms with van der Waals surface area (Å²) in [5, 5.41) is 9.55. The van der Waals surface area contributed by atoms with Crippen molar-refractivity contribution in [3.63, 3.8) is 0 Å². The van der Waals surface area contributed by atoms with Gasteiger partial charge in [-0.1, -0.05) is 6.58 Å². The molecule has 0 saturated heterocycles. The van der Waals surface area contributed by atoms with E-state index in [-0.39, 0.29) is 0 Å². The molecular weight excluding hydrogens is 394 g/mol. The van der Waals surface area contributed by atoms with Crippen LogP contribution in [0.5, 0.6) is 0 Å². The maximum absolute atomic E-state index is 9.55. The fourth-order valence-electron chi connectivity index (χ4n) is 3.62. The lowest BCUT2D eigenvalue weighted by Gasteiger charge is -2.28. The lowest BCUT2D eigenvalue weighted by Crippen LogP contribution is -2.15. The number of anilines is 6. The van der Waals surface area contributed by atoms with E-state index in [9.17, 15) is 5.26 Å². The van der Waals surface area contributed by atoms with Crippen molar-refractivity contribution < 1.29 is 0 Å². The average molecular weight is 426 g/mol. The number of nitrogens with zero attached hydrogens (tertiary/aromatic N) is 5. The summed E-state index contributed by atoms with van der Waals surface area (Å²) in [6, 6.07) is 23.2. The number of rotatable bonds is 7. The van der Waals surface area contributed by atoms with Crippen molar-refractivity contribution in [2.75, 3.05) is 47.8 Å². The Morgan fingerprint density at radius 1 is 0.719 bits per heavy atom. The summed E-state index contributed by atoms with van der Waals surface area (Å²) in [6.45, 7) is 7.78. The van der Waals surface area contributed by atoms with Crippen LogP contribution in [0.2, 0.25) is 0 Å². The van der Waals surface area contributed by atoms with Crippen molar-refractivity contribution in [1.29, 1.82) is 5.26 Å². The minimum absolute atomic E-state index is 0.693. The third-order valence-electron chi connectivity index (χ3n) is 5.41. The third-order valence-corrected chi connectivity index (χ3v) is 5.41. The SMILES string of the molecule is C=C(C)N(C#N)c1ccc(N(c2ccc(N(C)C)cc2)c2ccc(N(C)C)cc2)cc1C. The molecule has 0 aliphatic carbocycles. The van der Waals surface area contributed by atoms with E-state index in [1.165, 1.54) is 0 Å². The first-order chi connectivity index (χ1) is 15.2. The van der Waals surface area contributed by atoms with E-state index in [0.29, 0.717) is 5.70 Å². The zero-order chi connectivity index (χ0) is 23.4. The maximum Gasteiger partial charge on any atom is 0.188 e. The van der Waals surface area contributed by atoms with Gasteiger partial charge in [-0.25, -0.2) is 0 Å². The minimum Gasteiger partial charge on any atom is -0.378 e. The standard InChI is InChI=1S/C27H31N5/c1-20(2)31(19-28)27-17-16-26(18-21(27)3)32(24-12-8-22(9-13-24)29(4)5)25-14-10-23(11-15-25)30(6)7/h8-18H,1H2,2-7H3. The zero-order valence-electron chi connectivity index (χ0n) is 19.8. The van der Waals surface area contributed by atoms with Crippen molar-refractivity contribution in [3.8, 4) is 6.19 Å². The third kappa shape index (κ3) is 4.70. The molecule has 0 amide bonds. The van der Waals surface area contributed by atoms with Gasteiger partial charge in [-0.2, -0.15) is 5.26 Å². The van der Waals surface area contributed by atoms with Gasteiger partial charge in [-0.15, -0.1) is 0 Å². The van der Waals surface area contributed by atoms with Gasteiger partial charge in [0.1, 0.15) is 0 Å². The first kappa shape index (κ1) is 22.8. The van der Waals surface area contributed by atoms with Crippen molar-refractivity contribution >= 4 is 34.1 Å². The number of allylic oxidation sites excluding steroid dienone is 1. The second-order valence-electron chi connectivity index (χ2n) is 8.30. The van der Waals surface area contributed by atoms with Gasteiger partial charge in [0, 0.05) is 62.3 Å². The highest BCUT2D eigenvalue weighted by Gasteiger charge is 2.16. The smallest absolute Gasteiger partial charge is 0.188 e. The molecule has 0 N–H and O–H groups in total. The molecule has 0 heterocycles. The number of aryl methyl sites for hydroxylation is 1. The molecule has 0 saturated carbocycles. The predicted octanol–water partition coefficient (Wildman–Crippen LogP) is 6.42. The molecule has 3 rings (SSSR count). The average Bonchev–Trinajstić information content (AvgIpc) is 2.76. The highest BCUT2D eigenvalue weighted by molar-refractivity contribution is 5.80. The van der Waals surface area contributed by atoms with E-state index in [2.05, 4.69) is 88.1 Å². The zero-order valence-corrected chi connectivity index (χ0v) is 19.8. The lowest BCUT2D eigenvalue weighted by molar-refractivity contribution is 1.12. The van der Waals surface area contributed by atoms with E-state index in [1.807, 2.05) is 48.1 Å². The first-order valence-corrected chi connectivity index (χ1v) is 10.5. The van der Waals surface area contributed by atoms with Crippen molar-refractivity contribution in [3.05, 3.63) is 84.6 Å². The summed E-state index contributed by atoms with van der Waals surface area (Å²) < 4.78 is 0. The van der Waals surface area contributed by atoms with Crippen LogP contribution < -0.4 is 19.6 Å². The van der Waals surface area contributed by atoms with Gasteiger partial charge in [0.2, 0.25) is 0 Å². The Labute approximate surface area is 192 Å². The Kier molecular flexibility index (Phi) is 6.75. The van der Waals surface area contributed by atoms with E-state index < -0.39 is 0 Å². The summed E-state index contributed by atoms with van der Waals surface area (Å²) in [7, 11) is 8.16. The summed E-state index contributed by atoms with van der Waals surface area (Å²) in [5.74, 6) is 0. The van der Waals surface area contributed by atoms with Crippen LogP contribution in [0.1, 0.15) is 12.5 Å². The van der Waals surface area contributed by atoms with Crippen LogP contribution in [-0.4, -0.2) is 28.2 Å². The van der Waals surface area contributed by atoms with Crippen LogP contribution in [0, 0.1) is 18.4 Å². The molecular formula is C27H31N5. The molecule has 164 valence electrons. The summed E-state index contributed by atoms with van der Waals surface area (Å²) in [6.07, 6.45) is 2.22. The molecule has 3 aromatic rings. The van der Waals surface area contributed by atoms with Gasteiger partial charge in [-0.3, -0.25) is 4.90 Å². The highest BCUT2D eigenvalue weighted by atomic mass is 15.2. The van der Waals surface area contributed by atoms with Crippen LogP contribution >= 0.6 is 0 Å². The Balaban J connectivity index is 2.11. The van der Waals surface area contributed by atoms with Crippen LogP contribution in [-0.2, 0) is 0 Å². The second kappa shape index (κ2) is 9.49. The quantitative estimate of drug-likeness (QED) is 0.323. The number of hydrogen-bond donors (Lipinski definition) is 0. The molecule has 32 heavy (non-hydrogen) atoms. The van der Waals surface area contributed by atoms with Gasteiger partial charge in [-0.05, 0) is 86.1 Å². The largest absolute Gasteiger partial charge is 0.378 e. The molecule has 0 bridgehead atoms. The van der Waals surface area contributed by atoms with E-state index >= 15 is 0 Å². The molecule has 5 heteroatoms. The molecule has 0 aliphatic rings. The van der Waals surface area contributed by atoms with Crippen molar-refractivity contribution in [2.45, 2.75) is 13.8 Å². The Morgan fingerprint density at radius 2 is 1.12 bits per heavy atom. The summed E-state index contributed by atoms with van der Waals surface area (Å²) in [5.41, 5.74) is 8.00. The molecule has 0 aromatic heterocycles. The monoisotopic (exact) mass is 425 g/mol. The molecule has 0 aliphatic heterocycles. The van der Waals surface area contributed by atoms with Gasteiger partial charge < -0.3 is 14.7 Å². The van der Waals surface area contributed by atoms with E-state index in [1.54, 1.807) is 4.90 Å². The molecule has 0 fully saturated rings. The van der Waals surface area contributed by atoms with Gasteiger partial charge in [0.05, 0.1) is 5.69 Å². The van der Waals surface area contributed by atoms with Crippen LogP contribution in [0.25, 0.3) is 0 Å². The lowest BCUT2D eigenvalue weighted by atomic mass is 10.1. The fourth-order valence-corrected chi connectivity index (χ4v) is 3.62. The molecule has 0 radical (unpaired) electrons. The fraction of sp³-hybridized carbons (Fsp3) is 0.222. The number of benzene rings is 3. The predicted molar refractivity (Wildman–Crippen MR) is 137 cm³/mol. The molecule has 5 nitrogen and oxygen atoms in total. The first-order valence-electron chi connectivity index (χ1n) is 10.5. The van der Waals surface area contributed by atoms with Crippen LogP contribution in [0.3, 0.4) is 0 Å². The number of hydrogen-bond acceptors (Lipinski definition) is 5. The number of nitriles is 1. The van der Waals surface area contributed by atoms with Crippen molar-refractivity contribution in [1.82, 2.24) is 0 Å². The molecule has 0 spiro atoms. The molecule has 0 atom stereocenters. The Hall–Kier alpha value is -3.91. The van der Waals surface area contributed by atoms with Gasteiger partial charge >= 0.3 is 0 Å². The summed E-state index contributed by atoms with van der Waals surface area (Å²) >= 11 is 0. The molecule has 3 aromatic carbocycles. The van der Waals surface area contributed by atoms with E-state index in [4.69, 9.17) is 0 Å². The van der Waals surface area contributed by atoms with Gasteiger partial charge in [0.15, 0.2) is 6.19 Å². The maximum atomic E-state index is 9.55. The van der Waals surface area contributed by atoms with Crippen LogP contribution in [0.15, 0.2) is 79.0 Å². The Morgan fingerprint density at radius 3 is 1.47 bits per heavy atom. The second-order valence-corrected chi connectivity index (χ2v) is 8.30. The van der Waals surface area contributed by atoms with Gasteiger partial charge in [0.25, 0.3) is 0 Å². The highest BCUT2D eigenvalue weighted by Crippen LogP contribution is 2.38. The van der Waals surface area contributed by atoms with Crippen LogP contribution in [0.4, 0.5) is 34.1 Å². The van der Waals surface area contributed by atoms with E-state index in [0.717, 1.165) is 39.7 Å². The topological polar surface area (TPSA) is 36.8 Å².